The Bertz CT molecular complexity index is 737. The first-order valence-electron chi connectivity index (χ1n) is 7.04. The van der Waals surface area contributed by atoms with Crippen LogP contribution in [-0.2, 0) is 5.60 Å². The Morgan fingerprint density at radius 2 is 2.22 bits per heavy atom. The van der Waals surface area contributed by atoms with Gasteiger partial charge in [-0.1, -0.05) is 11.2 Å². The molecule has 1 atom stereocenters. The van der Waals surface area contributed by atoms with E-state index >= 15 is 0 Å². The summed E-state index contributed by atoms with van der Waals surface area (Å²) in [6, 6.07) is 7.02. The number of nitrogens with one attached hydrogen (secondary N) is 1. The number of hydrogen-bond acceptors (Lipinski definition) is 6. The van der Waals surface area contributed by atoms with E-state index in [4.69, 9.17) is 8.94 Å². The predicted molar refractivity (Wildman–Crippen MR) is 84.3 cm³/mol. The summed E-state index contributed by atoms with van der Waals surface area (Å²) < 4.78 is 10.4. The summed E-state index contributed by atoms with van der Waals surface area (Å²) in [4.78, 5) is 13.1. The van der Waals surface area contributed by atoms with Crippen LogP contribution in [0.25, 0.3) is 0 Å². The van der Waals surface area contributed by atoms with E-state index in [9.17, 15) is 9.90 Å². The monoisotopic (exact) mass is 332 g/mol. The molecule has 7 heteroatoms. The first-order valence-corrected chi connectivity index (χ1v) is 7.92. The smallest absolute Gasteiger partial charge is 0.256 e. The minimum Gasteiger partial charge on any atom is -0.466 e. The molecule has 120 valence electrons. The summed E-state index contributed by atoms with van der Waals surface area (Å²) in [5.41, 5.74) is -0.526. The number of nitrogens with zero attached hydrogens (tertiary/aromatic N) is 1. The van der Waals surface area contributed by atoms with Gasteiger partial charge in [0.15, 0.2) is 5.60 Å². The summed E-state index contributed by atoms with van der Waals surface area (Å²) >= 11 is 1.39. The lowest BCUT2D eigenvalue weighted by Crippen LogP contribution is -2.41. The van der Waals surface area contributed by atoms with Crippen LogP contribution in [0.1, 0.15) is 32.4 Å². The Balaban J connectivity index is 1.85. The maximum absolute atomic E-state index is 12.4. The third-order valence-corrected chi connectivity index (χ3v) is 4.64. The molecule has 1 amide bonds. The number of aromatic nitrogens is 1. The number of hydrogen-bond donors (Lipinski definition) is 2. The maximum Gasteiger partial charge on any atom is 0.256 e. The number of amides is 1. The van der Waals surface area contributed by atoms with Crippen LogP contribution in [0.15, 0.2) is 44.8 Å². The fourth-order valence-corrected chi connectivity index (χ4v) is 3.26. The average molecular weight is 332 g/mol. The Morgan fingerprint density at radius 3 is 2.78 bits per heavy atom. The molecule has 0 aliphatic heterocycles. The van der Waals surface area contributed by atoms with E-state index in [1.165, 1.54) is 17.6 Å². The zero-order valence-corrected chi connectivity index (χ0v) is 13.5. The molecular formula is C16H16N2O4S. The number of aryl methyl sites for hydroxylation is 2. The molecule has 0 aliphatic rings. The highest BCUT2D eigenvalue weighted by atomic mass is 32.1. The zero-order valence-electron chi connectivity index (χ0n) is 12.7. The van der Waals surface area contributed by atoms with Crippen molar-refractivity contribution in [3.63, 3.8) is 0 Å². The van der Waals surface area contributed by atoms with Crippen molar-refractivity contribution >= 4 is 17.2 Å². The Labute approximate surface area is 136 Å². The lowest BCUT2D eigenvalue weighted by molar-refractivity contribution is 0.0553. The van der Waals surface area contributed by atoms with Crippen molar-refractivity contribution in [3.8, 4) is 0 Å². The van der Waals surface area contributed by atoms with Gasteiger partial charge >= 0.3 is 0 Å². The number of carbonyl (C=O) groups excluding carboxylic acids is 1. The molecule has 0 radical (unpaired) electrons. The van der Waals surface area contributed by atoms with E-state index < -0.39 is 5.60 Å². The van der Waals surface area contributed by atoms with E-state index in [1.807, 2.05) is 11.4 Å². The van der Waals surface area contributed by atoms with Gasteiger partial charge in [0.05, 0.1) is 18.5 Å². The van der Waals surface area contributed by atoms with Crippen molar-refractivity contribution in [2.45, 2.75) is 19.4 Å². The standard InChI is InChI=1S/C16H16N2O4S/c1-10-14(11(2)22-18-10)15(19)17-9-16(20,12-5-3-7-21-12)13-6-4-8-23-13/h3-8,20H,9H2,1-2H3,(H,17,19). The minimum atomic E-state index is -1.42. The second-order valence-corrected chi connectivity index (χ2v) is 6.14. The average Bonchev–Trinajstić information content (AvgIpc) is 3.27. The van der Waals surface area contributed by atoms with E-state index in [-0.39, 0.29) is 12.5 Å². The Hall–Kier alpha value is -2.38. The third kappa shape index (κ3) is 2.80. The SMILES string of the molecule is Cc1noc(C)c1C(=O)NCC(O)(c1ccco1)c1cccs1. The molecule has 0 saturated carbocycles. The molecule has 0 aliphatic carbocycles. The largest absolute Gasteiger partial charge is 0.466 e. The highest BCUT2D eigenvalue weighted by Gasteiger charge is 2.36. The van der Waals surface area contributed by atoms with Crippen LogP contribution in [0.5, 0.6) is 0 Å². The fourth-order valence-electron chi connectivity index (χ4n) is 2.43. The number of carbonyl (C=O) groups is 1. The third-order valence-electron chi connectivity index (χ3n) is 3.62. The van der Waals surface area contributed by atoms with Crippen LogP contribution in [-0.4, -0.2) is 22.7 Å². The van der Waals surface area contributed by atoms with Crippen molar-refractivity contribution in [1.29, 1.82) is 0 Å². The lowest BCUT2D eigenvalue weighted by atomic mass is 9.98. The van der Waals surface area contributed by atoms with Gasteiger partial charge < -0.3 is 19.4 Å². The molecule has 0 spiro atoms. The van der Waals surface area contributed by atoms with Gasteiger partial charge in [-0.3, -0.25) is 4.79 Å². The molecule has 3 aromatic rings. The van der Waals surface area contributed by atoms with Gasteiger partial charge in [0.2, 0.25) is 0 Å². The van der Waals surface area contributed by atoms with E-state index in [0.29, 0.717) is 27.7 Å². The van der Waals surface area contributed by atoms with Gasteiger partial charge in [-0.15, -0.1) is 11.3 Å². The fraction of sp³-hybridized carbons (Fsp3) is 0.250. The molecule has 3 rings (SSSR count). The van der Waals surface area contributed by atoms with Crippen molar-refractivity contribution < 1.29 is 18.8 Å². The molecule has 0 saturated heterocycles. The molecule has 1 unspecified atom stereocenters. The molecule has 0 bridgehead atoms. The van der Waals surface area contributed by atoms with Crippen LogP contribution in [0.2, 0.25) is 0 Å². The summed E-state index contributed by atoms with van der Waals surface area (Å²) in [5, 5.41) is 19.4. The van der Waals surface area contributed by atoms with E-state index in [1.54, 1.807) is 32.0 Å². The molecule has 3 heterocycles. The van der Waals surface area contributed by atoms with E-state index in [2.05, 4.69) is 10.5 Å². The Morgan fingerprint density at radius 1 is 1.39 bits per heavy atom. The van der Waals surface area contributed by atoms with Gasteiger partial charge in [-0.05, 0) is 37.4 Å². The summed E-state index contributed by atoms with van der Waals surface area (Å²) in [6.45, 7) is 3.35. The van der Waals surface area contributed by atoms with Crippen molar-refractivity contribution in [1.82, 2.24) is 10.5 Å². The number of aliphatic hydroxyl groups is 1. The van der Waals surface area contributed by atoms with Crippen LogP contribution in [0.3, 0.4) is 0 Å². The molecule has 0 aromatic carbocycles. The van der Waals surface area contributed by atoms with E-state index in [0.717, 1.165) is 0 Å². The summed E-state index contributed by atoms with van der Waals surface area (Å²) in [7, 11) is 0. The number of thiophene rings is 1. The van der Waals surface area contributed by atoms with Gasteiger partial charge in [0.1, 0.15) is 17.1 Å². The quantitative estimate of drug-likeness (QED) is 0.750. The minimum absolute atomic E-state index is 0.0239. The van der Waals surface area contributed by atoms with Crippen molar-refractivity contribution in [3.05, 3.63) is 63.6 Å². The van der Waals surface area contributed by atoms with Gasteiger partial charge in [0.25, 0.3) is 5.91 Å². The summed E-state index contributed by atoms with van der Waals surface area (Å²) in [6.07, 6.45) is 1.49. The van der Waals surface area contributed by atoms with Gasteiger partial charge in [-0.25, -0.2) is 0 Å². The van der Waals surface area contributed by atoms with Crippen molar-refractivity contribution in [2.75, 3.05) is 6.54 Å². The molecule has 6 nitrogen and oxygen atoms in total. The first kappa shape index (κ1) is 15.5. The van der Waals surface area contributed by atoms with Gasteiger partial charge in [0, 0.05) is 4.88 Å². The molecule has 2 N–H and O–H groups in total. The molecule has 23 heavy (non-hydrogen) atoms. The normalized spacial score (nSPS) is 13.7. The second-order valence-electron chi connectivity index (χ2n) is 5.20. The summed E-state index contributed by atoms with van der Waals surface area (Å²) in [5.74, 6) is 0.472. The highest BCUT2D eigenvalue weighted by molar-refractivity contribution is 7.10. The first-order chi connectivity index (χ1) is 11.0. The van der Waals surface area contributed by atoms with Crippen LogP contribution < -0.4 is 5.32 Å². The Kier molecular flexibility index (Phi) is 4.06. The van der Waals surface area contributed by atoms with Crippen LogP contribution >= 0.6 is 11.3 Å². The predicted octanol–water partition coefficient (Wildman–Crippen LogP) is 2.61. The lowest BCUT2D eigenvalue weighted by Gasteiger charge is -2.25. The van der Waals surface area contributed by atoms with Crippen LogP contribution in [0.4, 0.5) is 0 Å². The number of rotatable bonds is 5. The zero-order chi connectivity index (χ0) is 16.4. The second kappa shape index (κ2) is 6.02. The van der Waals surface area contributed by atoms with Gasteiger partial charge in [-0.2, -0.15) is 0 Å². The number of furan rings is 1. The topological polar surface area (TPSA) is 88.5 Å². The molecule has 0 fully saturated rings. The van der Waals surface area contributed by atoms with Crippen molar-refractivity contribution in [2.24, 2.45) is 0 Å². The molecule has 3 aromatic heterocycles. The molecular weight excluding hydrogens is 316 g/mol. The highest BCUT2D eigenvalue weighted by Crippen LogP contribution is 2.32. The van der Waals surface area contributed by atoms with Crippen LogP contribution in [0, 0.1) is 13.8 Å². The maximum atomic E-state index is 12.4.